The number of hydrogen-bond donors (Lipinski definition) is 1. The Balaban J connectivity index is 4.25. The van der Waals surface area contributed by atoms with Gasteiger partial charge in [-0.3, -0.25) is 4.79 Å². The summed E-state index contributed by atoms with van der Waals surface area (Å²) >= 11 is 0. The number of carboxylic acid groups (broad SMARTS) is 1. The van der Waals surface area contributed by atoms with Crippen molar-refractivity contribution in [3.8, 4) is 0 Å². The normalized spacial score (nSPS) is 13.3. The Morgan fingerprint density at radius 3 is 1.86 bits per heavy atom. The predicted molar refractivity (Wildman–Crippen MR) is 88.9 cm³/mol. The van der Waals surface area contributed by atoms with E-state index >= 15 is 0 Å². The standard InChI is InChI=1S/C16H34O4Si/c1-5-8-9-10-11-12-13-14-15(16(17)18)21(4,19-6-2)20-7-3/h15H,5-14H2,1-4H3,(H,17,18). The van der Waals surface area contributed by atoms with E-state index in [1.54, 1.807) is 0 Å². The first-order chi connectivity index (χ1) is 10.0. The number of hydrogen-bond acceptors (Lipinski definition) is 3. The van der Waals surface area contributed by atoms with Gasteiger partial charge in [0, 0.05) is 13.2 Å². The lowest BCUT2D eigenvalue weighted by atomic mass is 10.1. The molecule has 0 bridgehead atoms. The topological polar surface area (TPSA) is 55.8 Å². The quantitative estimate of drug-likeness (QED) is 0.372. The van der Waals surface area contributed by atoms with E-state index in [9.17, 15) is 9.90 Å². The van der Waals surface area contributed by atoms with E-state index in [-0.39, 0.29) is 0 Å². The zero-order valence-electron chi connectivity index (χ0n) is 14.3. The van der Waals surface area contributed by atoms with Crippen LogP contribution < -0.4 is 0 Å². The zero-order valence-corrected chi connectivity index (χ0v) is 15.3. The summed E-state index contributed by atoms with van der Waals surface area (Å²) in [5, 5.41) is 9.51. The Kier molecular flexibility index (Phi) is 12.0. The van der Waals surface area contributed by atoms with E-state index in [0.717, 1.165) is 12.8 Å². The fourth-order valence-corrected chi connectivity index (χ4v) is 5.54. The summed E-state index contributed by atoms with van der Waals surface area (Å²) in [5.41, 5.74) is -0.465. The van der Waals surface area contributed by atoms with Crippen LogP contribution in [0, 0.1) is 0 Å². The molecule has 0 rings (SSSR count). The van der Waals surface area contributed by atoms with Gasteiger partial charge < -0.3 is 14.0 Å². The van der Waals surface area contributed by atoms with Crippen molar-refractivity contribution in [3.05, 3.63) is 0 Å². The van der Waals surface area contributed by atoms with Crippen LogP contribution in [-0.4, -0.2) is 32.9 Å². The van der Waals surface area contributed by atoms with Crippen LogP contribution in [0.4, 0.5) is 0 Å². The average molecular weight is 319 g/mol. The van der Waals surface area contributed by atoms with Gasteiger partial charge >= 0.3 is 14.5 Å². The van der Waals surface area contributed by atoms with E-state index in [1.807, 2.05) is 20.4 Å². The minimum Gasteiger partial charge on any atom is -0.481 e. The molecular formula is C16H34O4Si. The number of carboxylic acids is 1. The van der Waals surface area contributed by atoms with Crippen molar-refractivity contribution in [1.82, 2.24) is 0 Å². The molecule has 0 aliphatic carbocycles. The molecular weight excluding hydrogens is 284 g/mol. The molecule has 126 valence electrons. The smallest absolute Gasteiger partial charge is 0.349 e. The summed E-state index contributed by atoms with van der Waals surface area (Å²) < 4.78 is 11.5. The van der Waals surface area contributed by atoms with Crippen molar-refractivity contribution in [2.24, 2.45) is 0 Å². The Hall–Kier alpha value is -0.393. The van der Waals surface area contributed by atoms with Gasteiger partial charge in [0.15, 0.2) is 0 Å². The molecule has 0 spiro atoms. The summed E-state index contributed by atoms with van der Waals surface area (Å²) in [7, 11) is -2.62. The second-order valence-corrected chi connectivity index (χ2v) is 8.99. The van der Waals surface area contributed by atoms with Gasteiger partial charge in [0.25, 0.3) is 0 Å². The van der Waals surface area contributed by atoms with Crippen molar-refractivity contribution in [2.45, 2.75) is 84.2 Å². The van der Waals surface area contributed by atoms with Gasteiger partial charge in [0.1, 0.15) is 5.54 Å². The molecule has 0 amide bonds. The maximum Gasteiger partial charge on any atom is 0.349 e. The lowest BCUT2D eigenvalue weighted by Gasteiger charge is -2.31. The Bertz CT molecular complexity index is 265. The molecule has 0 saturated heterocycles. The molecule has 4 nitrogen and oxygen atoms in total. The van der Waals surface area contributed by atoms with E-state index in [2.05, 4.69) is 6.92 Å². The molecule has 21 heavy (non-hydrogen) atoms. The molecule has 0 aliphatic heterocycles. The Morgan fingerprint density at radius 2 is 1.43 bits per heavy atom. The van der Waals surface area contributed by atoms with E-state index in [0.29, 0.717) is 19.6 Å². The van der Waals surface area contributed by atoms with Gasteiger partial charge in [-0.25, -0.2) is 0 Å². The van der Waals surface area contributed by atoms with Crippen LogP contribution in [0.15, 0.2) is 0 Å². The van der Waals surface area contributed by atoms with Crippen molar-refractivity contribution >= 4 is 14.5 Å². The molecule has 0 heterocycles. The third kappa shape index (κ3) is 8.59. The van der Waals surface area contributed by atoms with E-state index in [4.69, 9.17) is 8.85 Å². The first-order valence-electron chi connectivity index (χ1n) is 8.52. The van der Waals surface area contributed by atoms with Crippen molar-refractivity contribution in [3.63, 3.8) is 0 Å². The molecule has 0 saturated carbocycles. The molecule has 0 aromatic heterocycles. The van der Waals surface area contributed by atoms with Gasteiger partial charge in [0.05, 0.1) is 0 Å². The molecule has 1 atom stereocenters. The van der Waals surface area contributed by atoms with Crippen molar-refractivity contribution < 1.29 is 18.8 Å². The van der Waals surface area contributed by atoms with Gasteiger partial charge in [-0.1, -0.05) is 51.9 Å². The maximum atomic E-state index is 11.6. The highest BCUT2D eigenvalue weighted by atomic mass is 28.4. The van der Waals surface area contributed by atoms with Crippen LogP contribution in [0.3, 0.4) is 0 Å². The fourth-order valence-electron chi connectivity index (χ4n) is 2.73. The number of rotatable bonds is 14. The molecule has 0 radical (unpaired) electrons. The second-order valence-electron chi connectivity index (χ2n) is 5.68. The van der Waals surface area contributed by atoms with Crippen molar-refractivity contribution in [1.29, 1.82) is 0 Å². The van der Waals surface area contributed by atoms with E-state index < -0.39 is 20.1 Å². The lowest BCUT2D eigenvalue weighted by Crippen LogP contribution is -2.47. The maximum absolute atomic E-state index is 11.6. The number of carbonyl (C=O) groups is 1. The fraction of sp³-hybridized carbons (Fsp3) is 0.938. The Labute approximate surface area is 131 Å². The van der Waals surface area contributed by atoms with Gasteiger partial charge in [0.2, 0.25) is 0 Å². The van der Waals surface area contributed by atoms with Crippen LogP contribution in [-0.2, 0) is 13.6 Å². The summed E-state index contributed by atoms with van der Waals surface area (Å²) in [5.74, 6) is -0.767. The molecule has 0 aromatic carbocycles. The highest BCUT2D eigenvalue weighted by Gasteiger charge is 2.45. The predicted octanol–water partition coefficient (Wildman–Crippen LogP) is 4.73. The summed E-state index contributed by atoms with van der Waals surface area (Å²) in [6.45, 7) is 8.94. The Morgan fingerprint density at radius 1 is 0.952 bits per heavy atom. The second kappa shape index (κ2) is 12.2. The number of unbranched alkanes of at least 4 members (excludes halogenated alkanes) is 6. The summed E-state index contributed by atoms with van der Waals surface area (Å²) in [4.78, 5) is 11.6. The molecule has 1 unspecified atom stereocenters. The van der Waals surface area contributed by atoms with Crippen molar-refractivity contribution in [2.75, 3.05) is 13.2 Å². The largest absolute Gasteiger partial charge is 0.481 e. The van der Waals surface area contributed by atoms with Crippen LogP contribution in [0.1, 0.15) is 72.1 Å². The SMILES string of the molecule is CCCCCCCCCC(C(=O)O)[Si](C)(OCC)OCC. The lowest BCUT2D eigenvalue weighted by molar-refractivity contribution is -0.138. The zero-order chi connectivity index (χ0) is 16.1. The molecule has 0 aromatic rings. The summed E-state index contributed by atoms with van der Waals surface area (Å²) in [6.07, 6.45) is 9.05. The van der Waals surface area contributed by atoms with Crippen LogP contribution in [0.2, 0.25) is 12.1 Å². The van der Waals surface area contributed by atoms with Crippen LogP contribution in [0.5, 0.6) is 0 Å². The molecule has 1 N–H and O–H groups in total. The first kappa shape index (κ1) is 20.6. The minimum atomic E-state index is -2.62. The monoisotopic (exact) mass is 318 g/mol. The molecule has 0 fully saturated rings. The average Bonchev–Trinajstić information content (AvgIpc) is 2.41. The van der Waals surface area contributed by atoms with Crippen LogP contribution in [0.25, 0.3) is 0 Å². The first-order valence-corrected chi connectivity index (χ1v) is 10.9. The van der Waals surface area contributed by atoms with Gasteiger partial charge in [-0.2, -0.15) is 0 Å². The highest BCUT2D eigenvalue weighted by molar-refractivity contribution is 6.71. The summed E-state index contributed by atoms with van der Waals surface area (Å²) in [6, 6.07) is 0. The minimum absolute atomic E-state index is 0.465. The van der Waals surface area contributed by atoms with E-state index in [1.165, 1.54) is 32.1 Å². The third-order valence-electron chi connectivity index (χ3n) is 3.89. The van der Waals surface area contributed by atoms with Gasteiger partial charge in [-0.05, 0) is 26.8 Å². The highest BCUT2D eigenvalue weighted by Crippen LogP contribution is 2.30. The number of aliphatic carboxylic acids is 1. The third-order valence-corrected chi connectivity index (χ3v) is 7.41. The molecule has 0 aliphatic rings. The molecule has 5 heteroatoms. The van der Waals surface area contributed by atoms with Gasteiger partial charge in [-0.15, -0.1) is 0 Å². The van der Waals surface area contributed by atoms with Crippen LogP contribution >= 0.6 is 0 Å².